The normalized spacial score (nSPS) is 9.47. The van der Waals surface area contributed by atoms with Crippen molar-refractivity contribution < 1.29 is 4.79 Å². The first-order valence-electron chi connectivity index (χ1n) is 5.81. The second-order valence-corrected chi connectivity index (χ2v) is 3.98. The molecule has 4 nitrogen and oxygen atoms in total. The zero-order valence-electron chi connectivity index (χ0n) is 10.5. The molecule has 0 aliphatic heterocycles. The standard InChI is InChI=1S/C15H13N3O/c1-18(13-8-3-2-4-9-13)15(19)17-14-10-6-5-7-12(14)11-16/h2-10H,1H3,(H,17,19). The highest BCUT2D eigenvalue weighted by Crippen LogP contribution is 2.16. The Morgan fingerprint density at radius 2 is 1.74 bits per heavy atom. The molecule has 2 aromatic rings. The zero-order chi connectivity index (χ0) is 13.7. The Hall–Kier alpha value is -2.80. The first kappa shape index (κ1) is 12.7. The van der Waals surface area contributed by atoms with Gasteiger partial charge in [-0.3, -0.25) is 4.90 Å². The minimum Gasteiger partial charge on any atom is -0.306 e. The van der Waals surface area contributed by atoms with E-state index in [9.17, 15) is 4.79 Å². The van der Waals surface area contributed by atoms with Crippen LogP contribution in [0.25, 0.3) is 0 Å². The maximum absolute atomic E-state index is 12.1. The molecule has 0 radical (unpaired) electrons. The van der Waals surface area contributed by atoms with Crippen LogP contribution in [-0.4, -0.2) is 13.1 Å². The molecule has 0 saturated heterocycles. The molecule has 19 heavy (non-hydrogen) atoms. The Balaban J connectivity index is 2.16. The lowest BCUT2D eigenvalue weighted by Crippen LogP contribution is -2.31. The van der Waals surface area contributed by atoms with E-state index in [0.717, 1.165) is 5.69 Å². The highest BCUT2D eigenvalue weighted by molar-refractivity contribution is 6.01. The highest BCUT2D eigenvalue weighted by Gasteiger charge is 2.12. The Labute approximate surface area is 111 Å². The van der Waals surface area contributed by atoms with Gasteiger partial charge in [-0.1, -0.05) is 30.3 Å². The molecule has 1 N–H and O–H groups in total. The first-order chi connectivity index (χ1) is 9.22. The smallest absolute Gasteiger partial charge is 0.306 e. The Morgan fingerprint density at radius 1 is 1.11 bits per heavy atom. The number of nitrogens with one attached hydrogen (secondary N) is 1. The van der Waals surface area contributed by atoms with Crippen LogP contribution in [0.15, 0.2) is 54.6 Å². The Kier molecular flexibility index (Phi) is 3.79. The van der Waals surface area contributed by atoms with Crippen molar-refractivity contribution in [2.24, 2.45) is 0 Å². The van der Waals surface area contributed by atoms with E-state index in [2.05, 4.69) is 5.32 Å². The van der Waals surface area contributed by atoms with Crippen LogP contribution in [0.5, 0.6) is 0 Å². The summed E-state index contributed by atoms with van der Waals surface area (Å²) in [6, 6.07) is 18.0. The number of amides is 2. The molecule has 0 atom stereocenters. The zero-order valence-corrected chi connectivity index (χ0v) is 10.5. The molecule has 0 saturated carbocycles. The Bertz CT molecular complexity index is 617. The fraction of sp³-hybridized carbons (Fsp3) is 0.0667. The summed E-state index contributed by atoms with van der Waals surface area (Å²) in [6.45, 7) is 0. The topological polar surface area (TPSA) is 56.1 Å². The summed E-state index contributed by atoms with van der Waals surface area (Å²) in [4.78, 5) is 13.6. The number of nitriles is 1. The molecular weight excluding hydrogens is 238 g/mol. The molecule has 0 heterocycles. The van der Waals surface area contributed by atoms with Crippen molar-refractivity contribution in [3.05, 3.63) is 60.2 Å². The van der Waals surface area contributed by atoms with Crippen molar-refractivity contribution in [2.75, 3.05) is 17.3 Å². The average molecular weight is 251 g/mol. The van der Waals surface area contributed by atoms with E-state index in [1.807, 2.05) is 36.4 Å². The molecule has 4 heteroatoms. The number of nitrogens with zero attached hydrogens (tertiary/aromatic N) is 2. The molecule has 0 bridgehead atoms. The minimum absolute atomic E-state index is 0.283. The second kappa shape index (κ2) is 5.69. The van der Waals surface area contributed by atoms with Gasteiger partial charge in [-0.05, 0) is 24.3 Å². The van der Waals surface area contributed by atoms with Gasteiger partial charge in [0.05, 0.1) is 11.3 Å². The number of hydrogen-bond acceptors (Lipinski definition) is 2. The van der Waals surface area contributed by atoms with E-state index >= 15 is 0 Å². The number of anilines is 2. The van der Waals surface area contributed by atoms with E-state index < -0.39 is 0 Å². The van der Waals surface area contributed by atoms with Crippen molar-refractivity contribution in [1.29, 1.82) is 5.26 Å². The van der Waals surface area contributed by atoms with E-state index in [1.165, 1.54) is 4.90 Å². The fourth-order valence-corrected chi connectivity index (χ4v) is 1.66. The van der Waals surface area contributed by atoms with Crippen LogP contribution >= 0.6 is 0 Å². The van der Waals surface area contributed by atoms with Gasteiger partial charge in [0.2, 0.25) is 0 Å². The van der Waals surface area contributed by atoms with Crippen LogP contribution in [0.3, 0.4) is 0 Å². The van der Waals surface area contributed by atoms with Gasteiger partial charge < -0.3 is 5.32 Å². The summed E-state index contributed by atoms with van der Waals surface area (Å²) in [5.41, 5.74) is 1.74. The van der Waals surface area contributed by atoms with E-state index in [1.54, 1.807) is 31.3 Å². The maximum atomic E-state index is 12.1. The lowest BCUT2D eigenvalue weighted by molar-refractivity contribution is 0.258. The molecule has 94 valence electrons. The molecule has 0 aliphatic rings. The maximum Gasteiger partial charge on any atom is 0.326 e. The monoisotopic (exact) mass is 251 g/mol. The summed E-state index contributed by atoms with van der Waals surface area (Å²) in [5.74, 6) is 0. The summed E-state index contributed by atoms with van der Waals surface area (Å²) in [5, 5.41) is 11.7. The largest absolute Gasteiger partial charge is 0.326 e. The van der Waals surface area contributed by atoms with Crippen LogP contribution in [0.4, 0.5) is 16.2 Å². The predicted molar refractivity (Wildman–Crippen MR) is 75.0 cm³/mol. The van der Waals surface area contributed by atoms with Gasteiger partial charge in [-0.25, -0.2) is 4.79 Å². The molecular formula is C15H13N3O. The van der Waals surface area contributed by atoms with Gasteiger partial charge >= 0.3 is 6.03 Å². The lowest BCUT2D eigenvalue weighted by atomic mass is 10.2. The molecule has 0 unspecified atom stereocenters. The second-order valence-electron chi connectivity index (χ2n) is 3.98. The van der Waals surface area contributed by atoms with Crippen LogP contribution in [0.2, 0.25) is 0 Å². The van der Waals surface area contributed by atoms with E-state index in [0.29, 0.717) is 11.3 Å². The number of urea groups is 1. The van der Waals surface area contributed by atoms with Gasteiger partial charge in [0, 0.05) is 12.7 Å². The fourth-order valence-electron chi connectivity index (χ4n) is 1.66. The van der Waals surface area contributed by atoms with Gasteiger partial charge in [0.1, 0.15) is 6.07 Å². The molecule has 0 spiro atoms. The quantitative estimate of drug-likeness (QED) is 0.890. The average Bonchev–Trinajstić information content (AvgIpc) is 2.48. The highest BCUT2D eigenvalue weighted by atomic mass is 16.2. The lowest BCUT2D eigenvalue weighted by Gasteiger charge is -2.18. The summed E-state index contributed by atoms with van der Waals surface area (Å²) in [6.07, 6.45) is 0. The molecule has 0 aliphatic carbocycles. The number of rotatable bonds is 2. The first-order valence-corrected chi connectivity index (χ1v) is 5.81. The van der Waals surface area contributed by atoms with Crippen molar-refractivity contribution in [3.8, 4) is 6.07 Å². The predicted octanol–water partition coefficient (Wildman–Crippen LogP) is 3.23. The van der Waals surface area contributed by atoms with Crippen molar-refractivity contribution >= 4 is 17.4 Å². The summed E-state index contributed by atoms with van der Waals surface area (Å²) in [7, 11) is 1.68. The number of hydrogen-bond donors (Lipinski definition) is 1. The third-order valence-electron chi connectivity index (χ3n) is 2.74. The van der Waals surface area contributed by atoms with Crippen LogP contribution in [0, 0.1) is 11.3 Å². The molecule has 2 aromatic carbocycles. The third kappa shape index (κ3) is 2.90. The van der Waals surface area contributed by atoms with E-state index in [-0.39, 0.29) is 6.03 Å². The molecule has 0 fully saturated rings. The third-order valence-corrected chi connectivity index (χ3v) is 2.74. The van der Waals surface area contributed by atoms with Gasteiger partial charge in [-0.15, -0.1) is 0 Å². The SMILES string of the molecule is CN(C(=O)Nc1ccccc1C#N)c1ccccc1. The van der Waals surface area contributed by atoms with E-state index in [4.69, 9.17) is 5.26 Å². The summed E-state index contributed by atoms with van der Waals surface area (Å²) >= 11 is 0. The minimum atomic E-state index is -0.283. The Morgan fingerprint density at radius 3 is 2.42 bits per heavy atom. The molecule has 0 aromatic heterocycles. The number of benzene rings is 2. The summed E-state index contributed by atoms with van der Waals surface area (Å²) < 4.78 is 0. The van der Waals surface area contributed by atoms with Crippen molar-refractivity contribution in [1.82, 2.24) is 0 Å². The van der Waals surface area contributed by atoms with Crippen molar-refractivity contribution in [2.45, 2.75) is 0 Å². The molecule has 2 amide bonds. The van der Waals surface area contributed by atoms with Gasteiger partial charge in [0.25, 0.3) is 0 Å². The van der Waals surface area contributed by atoms with Gasteiger partial charge in [-0.2, -0.15) is 5.26 Å². The van der Waals surface area contributed by atoms with Crippen LogP contribution < -0.4 is 10.2 Å². The number of para-hydroxylation sites is 2. The van der Waals surface area contributed by atoms with Crippen LogP contribution in [0.1, 0.15) is 5.56 Å². The number of carbonyl (C=O) groups excluding carboxylic acids is 1. The van der Waals surface area contributed by atoms with Crippen molar-refractivity contribution in [3.63, 3.8) is 0 Å². The van der Waals surface area contributed by atoms with Crippen LogP contribution in [-0.2, 0) is 0 Å². The molecule has 2 rings (SSSR count). The number of carbonyl (C=O) groups is 1. The van der Waals surface area contributed by atoms with Gasteiger partial charge in [0.15, 0.2) is 0 Å².